The van der Waals surface area contributed by atoms with Crippen LogP contribution in [0, 0.1) is 6.92 Å². The SMILES string of the molecule is Cc1nnc(CC(=O)N2CC[C@H]3OCCN(C(=O)c4nccc5occc45)[C@H]3C2)o1. The fourth-order valence-electron chi connectivity index (χ4n) is 4.20. The van der Waals surface area contributed by atoms with Crippen LogP contribution in [0.15, 0.2) is 33.4 Å². The quantitative estimate of drug-likeness (QED) is 0.632. The number of furan rings is 1. The number of aromatic nitrogens is 3. The van der Waals surface area contributed by atoms with Crippen LogP contribution in [-0.4, -0.2) is 75.2 Å². The summed E-state index contributed by atoms with van der Waals surface area (Å²) in [5, 5.41) is 8.34. The highest BCUT2D eigenvalue weighted by Crippen LogP contribution is 2.27. The number of hydrogen-bond acceptors (Lipinski definition) is 8. The molecule has 0 N–H and O–H groups in total. The zero-order valence-electron chi connectivity index (χ0n) is 16.5. The van der Waals surface area contributed by atoms with Gasteiger partial charge >= 0.3 is 0 Å². The highest BCUT2D eigenvalue weighted by Gasteiger charge is 2.41. The third kappa shape index (κ3) is 3.32. The maximum Gasteiger partial charge on any atom is 0.273 e. The minimum absolute atomic E-state index is 0.0446. The fourth-order valence-corrected chi connectivity index (χ4v) is 4.20. The standard InChI is InChI=1S/C20H21N5O5/c1-12-22-23-17(30-12)10-18(26)24-6-3-16-14(11-24)25(7-9-29-16)20(27)19-13-4-8-28-15(13)2-5-21-19/h2,4-5,8,14,16H,3,6-7,9-11H2,1H3/t14-,16+/m0/s1. The van der Waals surface area contributed by atoms with E-state index in [0.717, 1.165) is 0 Å². The molecule has 2 amide bonds. The molecule has 156 valence electrons. The average molecular weight is 411 g/mol. The number of ether oxygens (including phenoxy) is 1. The third-order valence-corrected chi connectivity index (χ3v) is 5.65. The topological polar surface area (TPSA) is 115 Å². The molecule has 30 heavy (non-hydrogen) atoms. The van der Waals surface area contributed by atoms with Crippen molar-refractivity contribution in [2.75, 3.05) is 26.2 Å². The first-order chi connectivity index (χ1) is 14.6. The summed E-state index contributed by atoms with van der Waals surface area (Å²) in [6.07, 6.45) is 3.71. The van der Waals surface area contributed by atoms with E-state index in [2.05, 4.69) is 15.2 Å². The number of fused-ring (bicyclic) bond motifs is 2. The van der Waals surface area contributed by atoms with Gasteiger partial charge in [-0.05, 0) is 18.6 Å². The highest BCUT2D eigenvalue weighted by atomic mass is 16.5. The Labute approximate surface area is 171 Å². The average Bonchev–Trinajstić information content (AvgIpc) is 3.40. The van der Waals surface area contributed by atoms with Gasteiger partial charge in [-0.25, -0.2) is 0 Å². The van der Waals surface area contributed by atoms with E-state index < -0.39 is 0 Å². The molecule has 5 rings (SSSR count). The molecule has 2 aliphatic heterocycles. The molecule has 0 bridgehead atoms. The Morgan fingerprint density at radius 2 is 2.13 bits per heavy atom. The lowest BCUT2D eigenvalue weighted by Crippen LogP contribution is -2.62. The summed E-state index contributed by atoms with van der Waals surface area (Å²) in [7, 11) is 0. The molecule has 10 heteroatoms. The van der Waals surface area contributed by atoms with Crippen molar-refractivity contribution in [2.24, 2.45) is 0 Å². The van der Waals surface area contributed by atoms with Crippen molar-refractivity contribution in [3.05, 3.63) is 42.1 Å². The molecular formula is C20H21N5O5. The highest BCUT2D eigenvalue weighted by molar-refractivity contribution is 6.04. The number of carbonyl (C=O) groups is 2. The second kappa shape index (κ2) is 7.52. The molecule has 2 fully saturated rings. The molecule has 3 aromatic rings. The number of amides is 2. The first-order valence-electron chi connectivity index (χ1n) is 9.91. The lowest BCUT2D eigenvalue weighted by molar-refractivity contribution is -0.140. The van der Waals surface area contributed by atoms with Crippen molar-refractivity contribution in [3.8, 4) is 0 Å². The first-order valence-corrected chi connectivity index (χ1v) is 9.91. The van der Waals surface area contributed by atoms with Gasteiger partial charge in [0.05, 0.1) is 30.4 Å². The Hall–Kier alpha value is -3.27. The molecule has 10 nitrogen and oxygen atoms in total. The Kier molecular flexibility index (Phi) is 4.70. The van der Waals surface area contributed by atoms with Crippen molar-refractivity contribution < 1.29 is 23.2 Å². The number of morpholine rings is 1. The molecule has 0 unspecified atom stereocenters. The van der Waals surface area contributed by atoms with Crippen molar-refractivity contribution in [3.63, 3.8) is 0 Å². The van der Waals surface area contributed by atoms with Crippen molar-refractivity contribution in [1.29, 1.82) is 0 Å². The lowest BCUT2D eigenvalue weighted by Gasteiger charge is -2.46. The van der Waals surface area contributed by atoms with E-state index in [9.17, 15) is 9.59 Å². The predicted octanol–water partition coefficient (Wildman–Crippen LogP) is 1.20. The second-order valence-corrected chi connectivity index (χ2v) is 7.49. The number of carbonyl (C=O) groups excluding carboxylic acids is 2. The Morgan fingerprint density at radius 1 is 1.23 bits per heavy atom. The molecule has 0 saturated carbocycles. The van der Waals surface area contributed by atoms with E-state index in [1.807, 2.05) is 0 Å². The maximum atomic E-state index is 13.4. The van der Waals surface area contributed by atoms with Crippen LogP contribution in [0.4, 0.5) is 0 Å². The molecule has 0 aromatic carbocycles. The van der Waals surface area contributed by atoms with Crippen LogP contribution in [0.2, 0.25) is 0 Å². The zero-order valence-corrected chi connectivity index (χ0v) is 16.5. The minimum Gasteiger partial charge on any atom is -0.464 e. The van der Waals surface area contributed by atoms with Gasteiger partial charge in [0.2, 0.25) is 17.7 Å². The number of nitrogens with zero attached hydrogens (tertiary/aromatic N) is 5. The van der Waals surface area contributed by atoms with E-state index in [1.165, 1.54) is 0 Å². The third-order valence-electron chi connectivity index (χ3n) is 5.65. The van der Waals surface area contributed by atoms with Crippen LogP contribution in [0.1, 0.15) is 28.7 Å². The molecule has 3 aromatic heterocycles. The Morgan fingerprint density at radius 3 is 2.97 bits per heavy atom. The van der Waals surface area contributed by atoms with Crippen molar-refractivity contribution in [1.82, 2.24) is 25.0 Å². The van der Waals surface area contributed by atoms with Crippen LogP contribution >= 0.6 is 0 Å². The molecule has 0 spiro atoms. The van der Waals surface area contributed by atoms with E-state index in [-0.39, 0.29) is 30.4 Å². The van der Waals surface area contributed by atoms with Crippen LogP contribution in [0.5, 0.6) is 0 Å². The van der Waals surface area contributed by atoms with Gasteiger partial charge in [0, 0.05) is 32.8 Å². The molecule has 2 atom stereocenters. The molecule has 2 saturated heterocycles. The van der Waals surface area contributed by atoms with E-state index in [4.69, 9.17) is 13.6 Å². The van der Waals surface area contributed by atoms with Crippen molar-refractivity contribution in [2.45, 2.75) is 31.9 Å². The van der Waals surface area contributed by atoms with Gasteiger partial charge in [-0.1, -0.05) is 0 Å². The van der Waals surface area contributed by atoms with E-state index in [0.29, 0.717) is 61.1 Å². The minimum atomic E-state index is -0.239. The van der Waals surface area contributed by atoms with Crippen LogP contribution in [-0.2, 0) is 16.0 Å². The Balaban J connectivity index is 1.35. The summed E-state index contributed by atoms with van der Waals surface area (Å²) < 4.78 is 16.6. The molecule has 0 radical (unpaired) electrons. The second-order valence-electron chi connectivity index (χ2n) is 7.49. The normalized spacial score (nSPS) is 21.6. The van der Waals surface area contributed by atoms with Gasteiger partial charge in [0.25, 0.3) is 5.91 Å². The molecular weight excluding hydrogens is 390 g/mol. The number of likely N-dealkylation sites (tertiary alicyclic amines) is 1. The largest absolute Gasteiger partial charge is 0.464 e. The summed E-state index contributed by atoms with van der Waals surface area (Å²) in [6, 6.07) is 3.24. The number of aryl methyl sites for hydroxylation is 1. The number of pyridine rings is 1. The summed E-state index contributed by atoms with van der Waals surface area (Å²) in [5.74, 6) is 0.436. The maximum absolute atomic E-state index is 13.4. The van der Waals surface area contributed by atoms with Crippen LogP contribution in [0.25, 0.3) is 11.0 Å². The Bertz CT molecular complexity index is 1090. The van der Waals surface area contributed by atoms with Gasteiger partial charge in [0.1, 0.15) is 17.7 Å². The summed E-state index contributed by atoms with van der Waals surface area (Å²) >= 11 is 0. The van der Waals surface area contributed by atoms with Crippen LogP contribution in [0.3, 0.4) is 0 Å². The summed E-state index contributed by atoms with van der Waals surface area (Å²) in [4.78, 5) is 34.0. The molecule has 5 heterocycles. The predicted molar refractivity (Wildman–Crippen MR) is 103 cm³/mol. The van der Waals surface area contributed by atoms with Gasteiger partial charge in [-0.3, -0.25) is 14.6 Å². The van der Waals surface area contributed by atoms with Gasteiger partial charge in [-0.2, -0.15) is 0 Å². The summed E-state index contributed by atoms with van der Waals surface area (Å²) in [5.41, 5.74) is 0.972. The van der Waals surface area contributed by atoms with Gasteiger partial charge in [-0.15, -0.1) is 10.2 Å². The van der Waals surface area contributed by atoms with Gasteiger partial charge < -0.3 is 23.4 Å². The van der Waals surface area contributed by atoms with E-state index in [1.54, 1.807) is 41.3 Å². The molecule has 2 aliphatic rings. The van der Waals surface area contributed by atoms with Crippen LogP contribution < -0.4 is 0 Å². The smallest absolute Gasteiger partial charge is 0.273 e. The fraction of sp³-hybridized carbons (Fsp3) is 0.450. The lowest BCUT2D eigenvalue weighted by atomic mass is 9.97. The monoisotopic (exact) mass is 411 g/mol. The summed E-state index contributed by atoms with van der Waals surface area (Å²) in [6.45, 7) is 3.54. The molecule has 0 aliphatic carbocycles. The first kappa shape index (κ1) is 18.7. The zero-order chi connectivity index (χ0) is 20.7. The number of hydrogen-bond donors (Lipinski definition) is 0. The van der Waals surface area contributed by atoms with Crippen molar-refractivity contribution >= 4 is 22.8 Å². The van der Waals surface area contributed by atoms with E-state index >= 15 is 0 Å². The number of rotatable bonds is 3. The van der Waals surface area contributed by atoms with Gasteiger partial charge in [0.15, 0.2) is 0 Å². The number of piperidine rings is 1.